The van der Waals surface area contributed by atoms with Gasteiger partial charge in [0.1, 0.15) is 0 Å². The molecule has 8 heteroatoms. The zero-order valence-corrected chi connectivity index (χ0v) is 13.0. The zero-order valence-electron chi connectivity index (χ0n) is 10.7. The summed E-state index contributed by atoms with van der Waals surface area (Å²) in [4.78, 5) is 22.4. The lowest BCUT2D eigenvalue weighted by molar-refractivity contribution is -0.122. The van der Waals surface area contributed by atoms with Gasteiger partial charge in [-0.15, -0.1) is 0 Å². The van der Waals surface area contributed by atoms with Crippen molar-refractivity contribution in [1.29, 1.82) is 0 Å². The van der Waals surface area contributed by atoms with E-state index in [2.05, 4.69) is 10.6 Å². The number of carboxylic acid groups (broad SMARTS) is 1. The fraction of sp³-hybridized carbons (Fsp3) is 0.250. The summed E-state index contributed by atoms with van der Waals surface area (Å²) in [5, 5.41) is 14.3. The molecule has 1 rings (SSSR count). The van der Waals surface area contributed by atoms with Gasteiger partial charge in [-0.05, 0) is 24.4 Å². The van der Waals surface area contributed by atoms with E-state index in [1.54, 1.807) is 13.8 Å². The molecule has 0 radical (unpaired) electrons. The maximum Gasteiger partial charge on any atom is 0.335 e. The van der Waals surface area contributed by atoms with Crippen LogP contribution in [0, 0.1) is 5.92 Å². The van der Waals surface area contributed by atoms with Gasteiger partial charge in [0.2, 0.25) is 5.91 Å². The molecule has 1 aromatic rings. The predicted molar refractivity (Wildman–Crippen MR) is 82.6 cm³/mol. The van der Waals surface area contributed by atoms with Gasteiger partial charge in [0, 0.05) is 5.92 Å². The summed E-state index contributed by atoms with van der Waals surface area (Å²) in [6.45, 7) is 3.43. The first-order valence-corrected chi connectivity index (χ1v) is 6.73. The molecule has 0 saturated heterocycles. The van der Waals surface area contributed by atoms with Crippen LogP contribution in [0.25, 0.3) is 0 Å². The molecule has 3 N–H and O–H groups in total. The highest BCUT2D eigenvalue weighted by Gasteiger charge is 2.14. The highest BCUT2D eigenvalue weighted by Crippen LogP contribution is 2.31. The number of carbonyl (C=O) groups excluding carboxylic acids is 1. The smallest absolute Gasteiger partial charge is 0.335 e. The standard InChI is InChI=1S/C12H12Cl2N2O3S/c1-5(2)10(17)16-12(20)15-8-4-6(11(18)19)3-7(13)9(8)14/h3-5H,1-2H3,(H,18,19)(H2,15,16,17,20). The molecule has 0 heterocycles. The maximum absolute atomic E-state index is 11.5. The highest BCUT2D eigenvalue weighted by atomic mass is 35.5. The predicted octanol–water partition coefficient (Wildman–Crippen LogP) is 3.16. The van der Waals surface area contributed by atoms with Crippen LogP contribution in [-0.2, 0) is 4.79 Å². The summed E-state index contributed by atoms with van der Waals surface area (Å²) >= 11 is 16.7. The largest absolute Gasteiger partial charge is 0.478 e. The minimum Gasteiger partial charge on any atom is -0.478 e. The van der Waals surface area contributed by atoms with Crippen LogP contribution >= 0.6 is 35.4 Å². The minimum absolute atomic E-state index is 0.0178. The van der Waals surface area contributed by atoms with Crippen LogP contribution in [0.15, 0.2) is 12.1 Å². The van der Waals surface area contributed by atoms with Gasteiger partial charge in [0.15, 0.2) is 5.11 Å². The Morgan fingerprint density at radius 2 is 1.90 bits per heavy atom. The van der Waals surface area contributed by atoms with Crippen LogP contribution in [0.3, 0.4) is 0 Å². The van der Waals surface area contributed by atoms with E-state index in [-0.39, 0.29) is 38.2 Å². The van der Waals surface area contributed by atoms with Crippen molar-refractivity contribution in [2.45, 2.75) is 13.8 Å². The molecule has 0 unspecified atom stereocenters. The van der Waals surface area contributed by atoms with Crippen molar-refractivity contribution in [3.8, 4) is 0 Å². The number of hydrogen-bond acceptors (Lipinski definition) is 3. The summed E-state index contributed by atoms with van der Waals surface area (Å²) < 4.78 is 0. The molecule has 1 amide bonds. The van der Waals surface area contributed by atoms with E-state index >= 15 is 0 Å². The van der Waals surface area contributed by atoms with Crippen LogP contribution in [0.4, 0.5) is 5.69 Å². The van der Waals surface area contributed by atoms with E-state index in [1.807, 2.05) is 0 Å². The highest BCUT2D eigenvalue weighted by molar-refractivity contribution is 7.80. The Morgan fingerprint density at radius 3 is 2.40 bits per heavy atom. The number of hydrogen-bond donors (Lipinski definition) is 3. The molecule has 108 valence electrons. The number of thiocarbonyl (C=S) groups is 1. The number of rotatable bonds is 3. The molecule has 0 aliphatic carbocycles. The molecule has 0 aliphatic heterocycles. The third-order valence-corrected chi connectivity index (χ3v) is 3.29. The van der Waals surface area contributed by atoms with Gasteiger partial charge >= 0.3 is 5.97 Å². The lowest BCUT2D eigenvalue weighted by atomic mass is 10.2. The molecule has 0 aliphatic rings. The van der Waals surface area contributed by atoms with Crippen LogP contribution in [-0.4, -0.2) is 22.1 Å². The van der Waals surface area contributed by atoms with Gasteiger partial charge in [0.05, 0.1) is 21.3 Å². The Bertz CT molecular complexity index is 576. The summed E-state index contributed by atoms with van der Waals surface area (Å²) in [5.41, 5.74) is 0.172. The summed E-state index contributed by atoms with van der Waals surface area (Å²) in [6, 6.07) is 2.51. The first-order chi connectivity index (χ1) is 9.22. The second-order valence-corrected chi connectivity index (χ2v) is 5.42. The normalized spacial score (nSPS) is 10.2. The molecule has 20 heavy (non-hydrogen) atoms. The number of aromatic carboxylic acids is 1. The average molecular weight is 335 g/mol. The number of halogens is 2. The first-order valence-electron chi connectivity index (χ1n) is 5.56. The first kappa shape index (κ1) is 16.7. The molecule has 5 nitrogen and oxygen atoms in total. The van der Waals surface area contributed by atoms with Crippen molar-refractivity contribution in [3.63, 3.8) is 0 Å². The number of benzene rings is 1. The molecule has 0 spiro atoms. The monoisotopic (exact) mass is 334 g/mol. The lowest BCUT2D eigenvalue weighted by Crippen LogP contribution is -2.36. The van der Waals surface area contributed by atoms with Crippen LogP contribution in [0.5, 0.6) is 0 Å². The number of carbonyl (C=O) groups is 2. The zero-order chi connectivity index (χ0) is 15.4. The van der Waals surface area contributed by atoms with Gasteiger partial charge in [0.25, 0.3) is 0 Å². The van der Waals surface area contributed by atoms with Crippen molar-refractivity contribution in [2.75, 3.05) is 5.32 Å². The summed E-state index contributed by atoms with van der Waals surface area (Å²) in [7, 11) is 0. The number of nitrogens with one attached hydrogen (secondary N) is 2. The summed E-state index contributed by atoms with van der Waals surface area (Å²) in [6.07, 6.45) is 0. The molecular weight excluding hydrogens is 323 g/mol. The van der Waals surface area contributed by atoms with Crippen molar-refractivity contribution < 1.29 is 14.7 Å². The van der Waals surface area contributed by atoms with E-state index in [0.29, 0.717) is 0 Å². The molecule has 0 fully saturated rings. The molecule has 0 atom stereocenters. The van der Waals surface area contributed by atoms with Gasteiger partial charge in [-0.3, -0.25) is 4.79 Å². The van der Waals surface area contributed by atoms with Crippen molar-refractivity contribution in [2.24, 2.45) is 5.92 Å². The molecule has 0 bridgehead atoms. The Balaban J connectivity index is 2.94. The van der Waals surface area contributed by atoms with E-state index in [9.17, 15) is 9.59 Å². The molecule has 0 aromatic heterocycles. The Kier molecular flexibility index (Phi) is 5.74. The van der Waals surface area contributed by atoms with E-state index in [4.69, 9.17) is 40.5 Å². The van der Waals surface area contributed by atoms with Gasteiger partial charge < -0.3 is 15.7 Å². The van der Waals surface area contributed by atoms with Crippen LogP contribution < -0.4 is 10.6 Å². The van der Waals surface area contributed by atoms with Crippen molar-refractivity contribution >= 4 is 58.1 Å². The van der Waals surface area contributed by atoms with Gasteiger partial charge in [-0.2, -0.15) is 0 Å². The minimum atomic E-state index is -1.15. The Morgan fingerprint density at radius 1 is 1.30 bits per heavy atom. The summed E-state index contributed by atoms with van der Waals surface area (Å²) in [5.74, 6) is -1.65. The number of anilines is 1. The van der Waals surface area contributed by atoms with Crippen LogP contribution in [0.2, 0.25) is 10.0 Å². The van der Waals surface area contributed by atoms with Gasteiger partial charge in [-0.25, -0.2) is 4.79 Å². The Labute approximate surface area is 131 Å². The van der Waals surface area contributed by atoms with Crippen LogP contribution in [0.1, 0.15) is 24.2 Å². The Hall–Kier alpha value is -1.37. The number of carboxylic acids is 1. The second kappa shape index (κ2) is 6.88. The van der Waals surface area contributed by atoms with E-state index in [0.717, 1.165) is 0 Å². The second-order valence-electron chi connectivity index (χ2n) is 4.22. The third-order valence-electron chi connectivity index (χ3n) is 2.28. The van der Waals surface area contributed by atoms with Gasteiger partial charge in [-0.1, -0.05) is 37.0 Å². The lowest BCUT2D eigenvalue weighted by Gasteiger charge is -2.13. The van der Waals surface area contributed by atoms with E-state index < -0.39 is 5.97 Å². The number of amides is 1. The molecular formula is C12H12Cl2N2O3S. The quantitative estimate of drug-likeness (QED) is 0.740. The van der Waals surface area contributed by atoms with Crippen molar-refractivity contribution in [1.82, 2.24) is 5.32 Å². The SMILES string of the molecule is CC(C)C(=O)NC(=S)Nc1cc(C(=O)O)cc(Cl)c1Cl. The fourth-order valence-electron chi connectivity index (χ4n) is 1.21. The molecule has 1 aromatic carbocycles. The fourth-order valence-corrected chi connectivity index (χ4v) is 1.80. The van der Waals surface area contributed by atoms with Crippen molar-refractivity contribution in [3.05, 3.63) is 27.7 Å². The van der Waals surface area contributed by atoms with E-state index in [1.165, 1.54) is 12.1 Å². The molecule has 0 saturated carbocycles. The third kappa shape index (κ3) is 4.33. The maximum atomic E-state index is 11.5. The topological polar surface area (TPSA) is 78.4 Å². The average Bonchev–Trinajstić information content (AvgIpc) is 2.34.